The number of ether oxygens (including phenoxy) is 1. The number of carbonyl (C=O) groups excluding carboxylic acids is 1. The van der Waals surface area contributed by atoms with E-state index in [-0.39, 0.29) is 33.7 Å². The highest BCUT2D eigenvalue weighted by molar-refractivity contribution is 6.42. The van der Waals surface area contributed by atoms with Gasteiger partial charge in [0.05, 0.1) is 16.7 Å². The van der Waals surface area contributed by atoms with Crippen LogP contribution in [0.4, 0.5) is 0 Å². The molecule has 0 N–H and O–H groups in total. The number of hydrogen-bond donors (Lipinski definition) is 0. The Morgan fingerprint density at radius 3 is 2.42 bits per heavy atom. The van der Waals surface area contributed by atoms with Crippen LogP contribution < -0.4 is 0 Å². The van der Waals surface area contributed by atoms with E-state index >= 15 is 0 Å². The van der Waals surface area contributed by atoms with Crippen LogP contribution in [0, 0.1) is 0 Å². The van der Waals surface area contributed by atoms with Gasteiger partial charge in [0.2, 0.25) is 0 Å². The van der Waals surface area contributed by atoms with E-state index in [0.717, 1.165) is 0 Å². The van der Waals surface area contributed by atoms with Crippen molar-refractivity contribution in [2.45, 2.75) is 6.92 Å². The molecule has 5 nitrogen and oxygen atoms in total. The highest BCUT2D eigenvalue weighted by Crippen LogP contribution is 2.41. The number of rotatable bonds is 4. The molecular formula is C17H10Cl4N2O3. The van der Waals surface area contributed by atoms with E-state index in [1.807, 2.05) is 0 Å². The third-order valence-corrected chi connectivity index (χ3v) is 4.44. The monoisotopic (exact) mass is 430 g/mol. The van der Waals surface area contributed by atoms with Crippen molar-refractivity contribution in [3.63, 3.8) is 0 Å². The normalized spacial score (nSPS) is 10.8. The number of pyridine rings is 1. The van der Waals surface area contributed by atoms with Crippen LogP contribution in [-0.4, -0.2) is 22.7 Å². The summed E-state index contributed by atoms with van der Waals surface area (Å²) in [6.45, 7) is 1.86. The Bertz CT molecular complexity index is 948. The SMILES string of the molecule is CCOC(=O)c1c(-c2c(Cl)cc(Cl)cc2Cl)noc1-c1ccc(Cl)nc1. The Hall–Kier alpha value is -1.79. The minimum absolute atomic E-state index is 0.0853. The van der Waals surface area contributed by atoms with Crippen LogP contribution in [0.15, 0.2) is 35.0 Å². The Kier molecular flexibility index (Phi) is 5.73. The van der Waals surface area contributed by atoms with E-state index in [9.17, 15) is 4.79 Å². The summed E-state index contributed by atoms with van der Waals surface area (Å²) in [7, 11) is 0. The van der Waals surface area contributed by atoms with Crippen molar-refractivity contribution in [1.29, 1.82) is 0 Å². The van der Waals surface area contributed by atoms with Gasteiger partial charge in [0.15, 0.2) is 5.76 Å². The van der Waals surface area contributed by atoms with Gasteiger partial charge in [0, 0.05) is 22.3 Å². The summed E-state index contributed by atoms with van der Waals surface area (Å²) in [4.78, 5) is 16.6. The first kappa shape index (κ1) is 19.0. The van der Waals surface area contributed by atoms with Gasteiger partial charge in [-0.25, -0.2) is 9.78 Å². The summed E-state index contributed by atoms with van der Waals surface area (Å²) in [5, 5.41) is 5.09. The van der Waals surface area contributed by atoms with Gasteiger partial charge >= 0.3 is 5.97 Å². The number of carbonyl (C=O) groups is 1. The molecule has 0 bridgehead atoms. The molecule has 0 fully saturated rings. The molecule has 9 heteroatoms. The molecule has 2 aromatic heterocycles. The molecule has 0 spiro atoms. The summed E-state index contributed by atoms with van der Waals surface area (Å²) >= 11 is 24.3. The maximum absolute atomic E-state index is 12.6. The highest BCUT2D eigenvalue weighted by Gasteiger charge is 2.29. The van der Waals surface area contributed by atoms with Crippen LogP contribution in [0.3, 0.4) is 0 Å². The number of nitrogens with zero attached hydrogens (tertiary/aromatic N) is 2. The van der Waals surface area contributed by atoms with E-state index in [1.165, 1.54) is 18.3 Å². The van der Waals surface area contributed by atoms with E-state index in [0.29, 0.717) is 21.3 Å². The Labute approximate surface area is 168 Å². The molecule has 3 aromatic rings. The molecule has 0 amide bonds. The van der Waals surface area contributed by atoms with Crippen molar-refractivity contribution in [3.8, 4) is 22.6 Å². The van der Waals surface area contributed by atoms with Crippen LogP contribution >= 0.6 is 46.4 Å². The molecule has 0 aliphatic rings. The smallest absolute Gasteiger partial charge is 0.344 e. The number of esters is 1. The van der Waals surface area contributed by atoms with Gasteiger partial charge in [-0.05, 0) is 31.2 Å². The van der Waals surface area contributed by atoms with E-state index in [1.54, 1.807) is 19.1 Å². The van der Waals surface area contributed by atoms with Crippen LogP contribution in [0.25, 0.3) is 22.6 Å². The van der Waals surface area contributed by atoms with Crippen LogP contribution in [0.5, 0.6) is 0 Å². The summed E-state index contributed by atoms with van der Waals surface area (Å²) in [6, 6.07) is 6.21. The fourth-order valence-electron chi connectivity index (χ4n) is 2.33. The number of aromatic nitrogens is 2. The van der Waals surface area contributed by atoms with Gasteiger partial charge in [-0.15, -0.1) is 0 Å². The standard InChI is InChI=1S/C17H10Cl4N2O3/c1-2-25-17(24)14-15(13-10(19)5-9(18)6-11(13)20)23-26-16(14)8-3-4-12(21)22-7-8/h3-7H,2H2,1H3. The third-order valence-electron chi connectivity index (χ3n) is 3.40. The fraction of sp³-hybridized carbons (Fsp3) is 0.118. The second kappa shape index (κ2) is 7.84. The Morgan fingerprint density at radius 1 is 1.15 bits per heavy atom. The summed E-state index contributed by atoms with van der Waals surface area (Å²) in [5.41, 5.74) is 1.05. The Morgan fingerprint density at radius 2 is 1.85 bits per heavy atom. The minimum atomic E-state index is -0.629. The summed E-state index contributed by atoms with van der Waals surface area (Å²) in [5.74, 6) is -0.458. The first-order chi connectivity index (χ1) is 12.4. The van der Waals surface area contributed by atoms with Crippen molar-refractivity contribution < 1.29 is 14.1 Å². The number of halogens is 4. The molecule has 134 valence electrons. The third kappa shape index (κ3) is 3.67. The second-order valence-electron chi connectivity index (χ2n) is 5.07. The molecule has 26 heavy (non-hydrogen) atoms. The lowest BCUT2D eigenvalue weighted by Gasteiger charge is -2.08. The van der Waals surface area contributed by atoms with Crippen molar-refractivity contribution >= 4 is 52.4 Å². The lowest BCUT2D eigenvalue weighted by Crippen LogP contribution is -2.07. The predicted molar refractivity (Wildman–Crippen MR) is 101 cm³/mol. The summed E-state index contributed by atoms with van der Waals surface area (Å²) < 4.78 is 10.5. The van der Waals surface area contributed by atoms with Crippen LogP contribution in [0.1, 0.15) is 17.3 Å². The zero-order valence-electron chi connectivity index (χ0n) is 13.2. The number of hydrogen-bond acceptors (Lipinski definition) is 5. The van der Waals surface area contributed by atoms with E-state index in [2.05, 4.69) is 10.1 Å². The van der Waals surface area contributed by atoms with E-state index in [4.69, 9.17) is 55.7 Å². The van der Waals surface area contributed by atoms with E-state index < -0.39 is 5.97 Å². The quantitative estimate of drug-likeness (QED) is 0.363. The number of benzene rings is 1. The Balaban J connectivity index is 2.24. The zero-order valence-corrected chi connectivity index (χ0v) is 16.2. The average molecular weight is 432 g/mol. The lowest BCUT2D eigenvalue weighted by atomic mass is 10.0. The molecule has 0 saturated carbocycles. The first-order valence-electron chi connectivity index (χ1n) is 7.36. The highest BCUT2D eigenvalue weighted by atomic mass is 35.5. The summed E-state index contributed by atoms with van der Waals surface area (Å²) in [6.07, 6.45) is 1.46. The van der Waals surface area contributed by atoms with Crippen molar-refractivity contribution in [3.05, 3.63) is 56.2 Å². The molecule has 0 radical (unpaired) electrons. The van der Waals surface area contributed by atoms with Crippen molar-refractivity contribution in [1.82, 2.24) is 10.1 Å². The molecule has 0 unspecified atom stereocenters. The van der Waals surface area contributed by atoms with Gasteiger partial charge in [0.25, 0.3) is 0 Å². The maximum atomic E-state index is 12.6. The van der Waals surface area contributed by atoms with Gasteiger partial charge in [0.1, 0.15) is 16.4 Å². The molecular weight excluding hydrogens is 422 g/mol. The average Bonchev–Trinajstić information content (AvgIpc) is 2.99. The first-order valence-corrected chi connectivity index (χ1v) is 8.87. The maximum Gasteiger partial charge on any atom is 0.344 e. The van der Waals surface area contributed by atoms with Gasteiger partial charge in [-0.3, -0.25) is 0 Å². The molecule has 2 heterocycles. The topological polar surface area (TPSA) is 65.2 Å². The lowest BCUT2D eigenvalue weighted by molar-refractivity contribution is 0.0527. The van der Waals surface area contributed by atoms with Crippen molar-refractivity contribution in [2.75, 3.05) is 6.61 Å². The molecule has 0 atom stereocenters. The molecule has 3 rings (SSSR count). The van der Waals surface area contributed by atoms with Gasteiger partial charge < -0.3 is 9.26 Å². The molecule has 0 aliphatic carbocycles. The van der Waals surface area contributed by atoms with Crippen molar-refractivity contribution in [2.24, 2.45) is 0 Å². The van der Waals surface area contributed by atoms with Gasteiger partial charge in [-0.2, -0.15) is 0 Å². The fourth-order valence-corrected chi connectivity index (χ4v) is 3.44. The van der Waals surface area contributed by atoms with Crippen LogP contribution in [0.2, 0.25) is 20.2 Å². The zero-order chi connectivity index (χ0) is 18.8. The largest absolute Gasteiger partial charge is 0.462 e. The predicted octanol–water partition coefficient (Wildman–Crippen LogP) is 6.19. The molecule has 1 aromatic carbocycles. The van der Waals surface area contributed by atoms with Gasteiger partial charge in [-0.1, -0.05) is 51.6 Å². The second-order valence-corrected chi connectivity index (χ2v) is 6.71. The molecule has 0 saturated heterocycles. The van der Waals surface area contributed by atoms with Crippen LogP contribution in [-0.2, 0) is 4.74 Å². The minimum Gasteiger partial charge on any atom is -0.462 e. The molecule has 0 aliphatic heterocycles.